The Morgan fingerprint density at radius 3 is 2.92 bits per heavy atom. The first-order valence-electron chi connectivity index (χ1n) is 8.95. The fourth-order valence-electron chi connectivity index (χ4n) is 2.45. The maximum absolute atomic E-state index is 5.69. The topological polar surface area (TPSA) is 60.0 Å². The lowest BCUT2D eigenvalue weighted by atomic mass is 10.2. The minimum atomic E-state index is 0.293. The van der Waals surface area contributed by atoms with Gasteiger partial charge in [0.15, 0.2) is 5.16 Å². The number of nitrogens with zero attached hydrogens (tertiary/aromatic N) is 2. The van der Waals surface area contributed by atoms with Gasteiger partial charge >= 0.3 is 0 Å². The van der Waals surface area contributed by atoms with E-state index in [1.54, 1.807) is 11.8 Å². The summed E-state index contributed by atoms with van der Waals surface area (Å²) in [4.78, 5) is 12.4. The van der Waals surface area contributed by atoms with Gasteiger partial charge in [-0.2, -0.15) is 0 Å². The first-order chi connectivity index (χ1) is 12.7. The molecular weight excluding hydrogens is 346 g/mol. The van der Waals surface area contributed by atoms with Crippen molar-refractivity contribution in [3.05, 3.63) is 53.9 Å². The molecule has 3 aromatic rings. The molecule has 1 N–H and O–H groups in total. The number of pyridine rings is 1. The lowest BCUT2D eigenvalue weighted by molar-refractivity contribution is 0.00631. The minimum Gasteiger partial charge on any atom is -0.376 e. The van der Waals surface area contributed by atoms with Crippen LogP contribution in [0.1, 0.15) is 31.5 Å². The van der Waals surface area contributed by atoms with Gasteiger partial charge in [-0.3, -0.25) is 4.98 Å². The average molecular weight is 372 g/mol. The number of imidazole rings is 1. The van der Waals surface area contributed by atoms with E-state index in [4.69, 9.17) is 9.47 Å². The second-order valence-corrected chi connectivity index (χ2v) is 7.11. The molecule has 0 aliphatic heterocycles. The van der Waals surface area contributed by atoms with Crippen LogP contribution in [-0.2, 0) is 21.8 Å². The number of rotatable bonds is 10. The molecule has 26 heavy (non-hydrogen) atoms. The summed E-state index contributed by atoms with van der Waals surface area (Å²) in [6.07, 6.45) is 3.15. The van der Waals surface area contributed by atoms with Gasteiger partial charge in [0, 0.05) is 11.9 Å². The molecule has 6 heteroatoms. The summed E-state index contributed by atoms with van der Waals surface area (Å²) in [7, 11) is 0. The molecule has 2 heterocycles. The molecule has 0 fully saturated rings. The molecule has 3 rings (SSSR count). The highest BCUT2D eigenvalue weighted by molar-refractivity contribution is 7.98. The van der Waals surface area contributed by atoms with Crippen LogP contribution in [0.25, 0.3) is 11.0 Å². The summed E-state index contributed by atoms with van der Waals surface area (Å²) in [5.74, 6) is 0.769. The van der Waals surface area contributed by atoms with Gasteiger partial charge in [0.1, 0.15) is 0 Å². The van der Waals surface area contributed by atoms with E-state index in [0.29, 0.717) is 25.9 Å². The van der Waals surface area contributed by atoms with E-state index in [9.17, 15) is 0 Å². The Hall–Kier alpha value is -1.89. The van der Waals surface area contributed by atoms with Crippen molar-refractivity contribution in [3.63, 3.8) is 0 Å². The van der Waals surface area contributed by atoms with E-state index >= 15 is 0 Å². The van der Waals surface area contributed by atoms with Crippen molar-refractivity contribution in [3.8, 4) is 0 Å². The molecular formula is C20H25N3O2S. The Bertz CT molecular complexity index is 788. The molecule has 0 saturated carbocycles. The van der Waals surface area contributed by atoms with Crippen LogP contribution in [0.15, 0.2) is 47.8 Å². The third kappa shape index (κ3) is 5.56. The monoisotopic (exact) mass is 371 g/mol. The summed E-state index contributed by atoms with van der Waals surface area (Å²) in [5.41, 5.74) is 4.20. The molecule has 1 atom stereocenters. The zero-order valence-corrected chi connectivity index (χ0v) is 16.1. The second-order valence-electron chi connectivity index (χ2n) is 6.15. The number of aromatic amines is 1. The standard InChI is InChI=1S/C20H25N3O2S/c1-3-15(2)25-11-10-24-13-16-8-9-21-17(12-16)14-26-20-22-18-6-4-5-7-19(18)23-20/h4-9,12,15H,3,10-11,13-14H2,1-2H3,(H,22,23). The molecule has 1 aromatic carbocycles. The maximum Gasteiger partial charge on any atom is 0.166 e. The molecule has 0 bridgehead atoms. The van der Waals surface area contributed by atoms with Crippen LogP contribution < -0.4 is 0 Å². The number of hydrogen-bond acceptors (Lipinski definition) is 5. The van der Waals surface area contributed by atoms with E-state index in [-0.39, 0.29) is 0 Å². The van der Waals surface area contributed by atoms with Gasteiger partial charge < -0.3 is 14.5 Å². The SMILES string of the molecule is CCC(C)OCCOCc1ccnc(CSc2nc3ccccc3[nH]2)c1. The van der Waals surface area contributed by atoms with E-state index in [2.05, 4.69) is 34.9 Å². The summed E-state index contributed by atoms with van der Waals surface area (Å²) in [6.45, 7) is 6.02. The molecule has 0 spiro atoms. The van der Waals surface area contributed by atoms with E-state index < -0.39 is 0 Å². The Kier molecular flexibility index (Phi) is 7.05. The number of fused-ring (bicyclic) bond motifs is 1. The number of thioether (sulfide) groups is 1. The Labute approximate surface area is 158 Å². The summed E-state index contributed by atoms with van der Waals surface area (Å²) in [5, 5.41) is 0.914. The predicted molar refractivity (Wildman–Crippen MR) is 105 cm³/mol. The van der Waals surface area contributed by atoms with Crippen molar-refractivity contribution in [1.82, 2.24) is 15.0 Å². The first-order valence-corrected chi connectivity index (χ1v) is 9.94. The number of aromatic nitrogens is 3. The molecule has 2 aromatic heterocycles. The first kappa shape index (κ1) is 18.9. The van der Waals surface area contributed by atoms with Crippen LogP contribution in [0.4, 0.5) is 0 Å². The lowest BCUT2D eigenvalue weighted by Gasteiger charge is -2.10. The summed E-state index contributed by atoms with van der Waals surface area (Å²) < 4.78 is 11.3. The molecule has 138 valence electrons. The number of hydrogen-bond donors (Lipinski definition) is 1. The maximum atomic E-state index is 5.69. The number of benzene rings is 1. The summed E-state index contributed by atoms with van der Waals surface area (Å²) in [6, 6.07) is 12.1. The quantitative estimate of drug-likeness (QED) is 0.417. The van der Waals surface area contributed by atoms with Crippen LogP contribution in [0.5, 0.6) is 0 Å². The van der Waals surface area contributed by atoms with Gasteiger partial charge in [0.2, 0.25) is 0 Å². The van der Waals surface area contributed by atoms with Gasteiger partial charge in [0.05, 0.1) is 42.7 Å². The predicted octanol–water partition coefficient (Wildman–Crippen LogP) is 4.58. The number of ether oxygens (including phenoxy) is 2. The van der Waals surface area contributed by atoms with Crippen molar-refractivity contribution < 1.29 is 9.47 Å². The van der Waals surface area contributed by atoms with E-state index in [1.165, 1.54) is 0 Å². The van der Waals surface area contributed by atoms with Crippen molar-refractivity contribution in [2.24, 2.45) is 0 Å². The number of nitrogens with one attached hydrogen (secondary N) is 1. The van der Waals surface area contributed by atoms with Gasteiger partial charge in [0.25, 0.3) is 0 Å². The minimum absolute atomic E-state index is 0.293. The van der Waals surface area contributed by atoms with Gasteiger partial charge in [-0.25, -0.2) is 4.98 Å². The average Bonchev–Trinajstić information content (AvgIpc) is 3.09. The van der Waals surface area contributed by atoms with E-state index in [0.717, 1.165) is 39.6 Å². The largest absolute Gasteiger partial charge is 0.376 e. The second kappa shape index (κ2) is 9.71. The van der Waals surface area contributed by atoms with Crippen LogP contribution in [0, 0.1) is 0 Å². The molecule has 5 nitrogen and oxygen atoms in total. The Balaban J connectivity index is 1.46. The fourth-order valence-corrected chi connectivity index (χ4v) is 3.24. The van der Waals surface area contributed by atoms with Gasteiger partial charge in [-0.1, -0.05) is 30.8 Å². The highest BCUT2D eigenvalue weighted by Crippen LogP contribution is 2.22. The Morgan fingerprint density at radius 1 is 1.19 bits per heavy atom. The zero-order valence-electron chi connectivity index (χ0n) is 15.3. The lowest BCUT2D eigenvalue weighted by Crippen LogP contribution is -2.11. The van der Waals surface area contributed by atoms with Crippen LogP contribution in [0.2, 0.25) is 0 Å². The van der Waals surface area contributed by atoms with E-state index in [1.807, 2.05) is 36.5 Å². The molecule has 1 unspecified atom stereocenters. The third-order valence-electron chi connectivity index (χ3n) is 4.08. The third-order valence-corrected chi connectivity index (χ3v) is 4.99. The van der Waals surface area contributed by atoms with Gasteiger partial charge in [-0.15, -0.1) is 0 Å². The van der Waals surface area contributed by atoms with Crippen LogP contribution in [-0.4, -0.2) is 34.3 Å². The van der Waals surface area contributed by atoms with Crippen LogP contribution >= 0.6 is 11.8 Å². The van der Waals surface area contributed by atoms with Crippen LogP contribution in [0.3, 0.4) is 0 Å². The highest BCUT2D eigenvalue weighted by atomic mass is 32.2. The molecule has 0 saturated heterocycles. The highest BCUT2D eigenvalue weighted by Gasteiger charge is 2.05. The van der Waals surface area contributed by atoms with Crippen molar-refractivity contribution in [1.29, 1.82) is 0 Å². The van der Waals surface area contributed by atoms with Gasteiger partial charge in [-0.05, 0) is 43.2 Å². The number of H-pyrrole nitrogens is 1. The molecule has 0 aliphatic rings. The fraction of sp³-hybridized carbons (Fsp3) is 0.400. The van der Waals surface area contributed by atoms with Crippen molar-refractivity contribution in [2.45, 2.75) is 43.9 Å². The normalized spacial score (nSPS) is 12.5. The number of para-hydroxylation sites is 2. The Morgan fingerprint density at radius 2 is 2.08 bits per heavy atom. The molecule has 0 aliphatic carbocycles. The smallest absolute Gasteiger partial charge is 0.166 e. The molecule has 0 radical (unpaired) electrons. The van der Waals surface area contributed by atoms with Crippen molar-refractivity contribution >= 4 is 22.8 Å². The zero-order chi connectivity index (χ0) is 18.2. The van der Waals surface area contributed by atoms with Crippen molar-refractivity contribution in [2.75, 3.05) is 13.2 Å². The molecule has 0 amide bonds. The summed E-state index contributed by atoms with van der Waals surface area (Å²) >= 11 is 1.66.